The first-order valence-electron chi connectivity index (χ1n) is 7.29. The van der Waals surface area contributed by atoms with Crippen LogP contribution in [-0.4, -0.2) is 44.1 Å². The number of esters is 1. The smallest absolute Gasteiger partial charge is 0.310 e. The second-order valence-electron chi connectivity index (χ2n) is 5.10. The SMILES string of the molecule is CCNC(=NCC(C)C(=O)OC)N(C)Cc1ccc(F)cc1.I. The Morgan fingerprint density at radius 3 is 2.52 bits per heavy atom. The van der Waals surface area contributed by atoms with Crippen LogP contribution in [0.15, 0.2) is 29.3 Å². The Hall–Kier alpha value is -1.38. The van der Waals surface area contributed by atoms with E-state index in [1.165, 1.54) is 19.2 Å². The molecule has 0 fully saturated rings. The summed E-state index contributed by atoms with van der Waals surface area (Å²) in [5.41, 5.74) is 0.982. The van der Waals surface area contributed by atoms with Crippen molar-refractivity contribution in [1.82, 2.24) is 10.2 Å². The number of benzene rings is 1. The van der Waals surface area contributed by atoms with E-state index in [1.807, 2.05) is 18.9 Å². The molecule has 0 amide bonds. The maximum atomic E-state index is 12.9. The summed E-state index contributed by atoms with van der Waals surface area (Å²) in [7, 11) is 3.27. The molecule has 7 heteroatoms. The fourth-order valence-electron chi connectivity index (χ4n) is 1.91. The lowest BCUT2D eigenvalue weighted by Crippen LogP contribution is -2.39. The van der Waals surface area contributed by atoms with Crippen LogP contribution in [0.25, 0.3) is 0 Å². The molecule has 0 spiro atoms. The number of carbonyl (C=O) groups is 1. The molecule has 0 saturated carbocycles. The minimum absolute atomic E-state index is 0. The Balaban J connectivity index is 0.00000484. The predicted octanol–water partition coefficient (Wildman–Crippen LogP) is 2.65. The van der Waals surface area contributed by atoms with Crippen LogP contribution in [-0.2, 0) is 16.1 Å². The van der Waals surface area contributed by atoms with Crippen molar-refractivity contribution in [2.75, 3.05) is 27.2 Å². The molecule has 1 aromatic carbocycles. The van der Waals surface area contributed by atoms with Crippen molar-refractivity contribution in [3.05, 3.63) is 35.6 Å². The third-order valence-corrected chi connectivity index (χ3v) is 3.15. The molecule has 0 bridgehead atoms. The van der Waals surface area contributed by atoms with Gasteiger partial charge in [-0.15, -0.1) is 24.0 Å². The molecule has 1 N–H and O–H groups in total. The molecule has 0 heterocycles. The van der Waals surface area contributed by atoms with Crippen LogP contribution < -0.4 is 5.32 Å². The first kappa shape index (κ1) is 21.6. The zero-order chi connectivity index (χ0) is 16.5. The number of hydrogen-bond donors (Lipinski definition) is 1. The van der Waals surface area contributed by atoms with Crippen molar-refractivity contribution >= 4 is 35.9 Å². The van der Waals surface area contributed by atoms with Crippen molar-refractivity contribution in [2.45, 2.75) is 20.4 Å². The normalized spacial score (nSPS) is 12.1. The number of guanidine groups is 1. The largest absolute Gasteiger partial charge is 0.469 e. The van der Waals surface area contributed by atoms with Gasteiger partial charge in [-0.05, 0) is 24.6 Å². The minimum Gasteiger partial charge on any atom is -0.469 e. The van der Waals surface area contributed by atoms with Gasteiger partial charge in [0.1, 0.15) is 5.82 Å². The topological polar surface area (TPSA) is 53.9 Å². The van der Waals surface area contributed by atoms with E-state index in [4.69, 9.17) is 4.74 Å². The van der Waals surface area contributed by atoms with E-state index in [-0.39, 0.29) is 41.7 Å². The van der Waals surface area contributed by atoms with Crippen LogP contribution in [0.3, 0.4) is 0 Å². The molecule has 130 valence electrons. The Labute approximate surface area is 154 Å². The molecule has 0 saturated heterocycles. The number of rotatable bonds is 6. The molecule has 1 unspecified atom stereocenters. The maximum Gasteiger partial charge on any atom is 0.310 e. The van der Waals surface area contributed by atoms with Crippen molar-refractivity contribution in [2.24, 2.45) is 10.9 Å². The van der Waals surface area contributed by atoms with Crippen LogP contribution in [0, 0.1) is 11.7 Å². The maximum absolute atomic E-state index is 12.9. The average molecular weight is 437 g/mol. The van der Waals surface area contributed by atoms with Gasteiger partial charge in [0.15, 0.2) is 5.96 Å². The zero-order valence-electron chi connectivity index (χ0n) is 14.0. The fourth-order valence-corrected chi connectivity index (χ4v) is 1.91. The lowest BCUT2D eigenvalue weighted by Gasteiger charge is -2.22. The van der Waals surface area contributed by atoms with E-state index in [2.05, 4.69) is 10.3 Å². The highest BCUT2D eigenvalue weighted by Gasteiger charge is 2.14. The van der Waals surface area contributed by atoms with Gasteiger partial charge in [0.05, 0.1) is 19.6 Å². The summed E-state index contributed by atoms with van der Waals surface area (Å²) in [4.78, 5) is 17.8. The van der Waals surface area contributed by atoms with Crippen LogP contribution >= 0.6 is 24.0 Å². The number of halogens is 2. The first-order valence-corrected chi connectivity index (χ1v) is 7.29. The van der Waals surface area contributed by atoms with Crippen LogP contribution in [0.4, 0.5) is 4.39 Å². The summed E-state index contributed by atoms with van der Waals surface area (Å²) < 4.78 is 17.6. The summed E-state index contributed by atoms with van der Waals surface area (Å²) >= 11 is 0. The third kappa shape index (κ3) is 7.62. The number of ether oxygens (including phenoxy) is 1. The van der Waals surface area contributed by atoms with Gasteiger partial charge in [-0.25, -0.2) is 4.39 Å². The van der Waals surface area contributed by atoms with Gasteiger partial charge in [0.2, 0.25) is 0 Å². The van der Waals surface area contributed by atoms with E-state index in [0.717, 1.165) is 12.1 Å². The quantitative estimate of drug-likeness (QED) is 0.322. The predicted molar refractivity (Wildman–Crippen MR) is 100 cm³/mol. The van der Waals surface area contributed by atoms with Crippen molar-refractivity contribution in [1.29, 1.82) is 0 Å². The fraction of sp³-hybridized carbons (Fsp3) is 0.500. The van der Waals surface area contributed by atoms with Gasteiger partial charge in [-0.2, -0.15) is 0 Å². The van der Waals surface area contributed by atoms with Gasteiger partial charge in [-0.1, -0.05) is 19.1 Å². The second kappa shape index (κ2) is 11.2. The van der Waals surface area contributed by atoms with E-state index in [0.29, 0.717) is 19.0 Å². The molecular formula is C16H25FIN3O2. The summed E-state index contributed by atoms with van der Waals surface area (Å²) in [6, 6.07) is 6.36. The number of nitrogens with zero attached hydrogens (tertiary/aromatic N) is 2. The Morgan fingerprint density at radius 2 is 2.00 bits per heavy atom. The van der Waals surface area contributed by atoms with E-state index < -0.39 is 0 Å². The number of aliphatic imine (C=N–C) groups is 1. The van der Waals surface area contributed by atoms with Gasteiger partial charge < -0.3 is 15.0 Å². The molecule has 1 atom stereocenters. The lowest BCUT2D eigenvalue weighted by atomic mass is 10.2. The molecule has 5 nitrogen and oxygen atoms in total. The molecule has 0 radical (unpaired) electrons. The molecule has 0 aromatic heterocycles. The molecule has 0 aliphatic carbocycles. The average Bonchev–Trinajstić information content (AvgIpc) is 2.52. The van der Waals surface area contributed by atoms with E-state index >= 15 is 0 Å². The highest BCUT2D eigenvalue weighted by Crippen LogP contribution is 2.06. The minimum atomic E-state index is -0.294. The van der Waals surface area contributed by atoms with Gasteiger partial charge in [-0.3, -0.25) is 9.79 Å². The lowest BCUT2D eigenvalue weighted by molar-refractivity contribution is -0.144. The molecule has 23 heavy (non-hydrogen) atoms. The Bertz CT molecular complexity index is 509. The van der Waals surface area contributed by atoms with Crippen molar-refractivity contribution < 1.29 is 13.9 Å². The van der Waals surface area contributed by atoms with Crippen molar-refractivity contribution in [3.8, 4) is 0 Å². The van der Waals surface area contributed by atoms with Gasteiger partial charge in [0.25, 0.3) is 0 Å². The molecule has 0 aliphatic rings. The number of hydrogen-bond acceptors (Lipinski definition) is 3. The van der Waals surface area contributed by atoms with Crippen molar-refractivity contribution in [3.63, 3.8) is 0 Å². The van der Waals surface area contributed by atoms with E-state index in [9.17, 15) is 9.18 Å². The van der Waals surface area contributed by atoms with Gasteiger partial charge >= 0.3 is 5.97 Å². The number of carbonyl (C=O) groups excluding carboxylic acids is 1. The Morgan fingerprint density at radius 1 is 1.39 bits per heavy atom. The number of nitrogens with one attached hydrogen (secondary N) is 1. The zero-order valence-corrected chi connectivity index (χ0v) is 16.3. The van der Waals surface area contributed by atoms with Crippen LogP contribution in [0.5, 0.6) is 0 Å². The highest BCUT2D eigenvalue weighted by molar-refractivity contribution is 14.0. The van der Waals surface area contributed by atoms with E-state index in [1.54, 1.807) is 19.1 Å². The van der Waals surface area contributed by atoms with Crippen LogP contribution in [0.2, 0.25) is 0 Å². The standard InChI is InChI=1S/C16H24FN3O2.HI/c1-5-18-16(19-10-12(2)15(21)22-4)20(3)11-13-6-8-14(17)9-7-13;/h6-9,12H,5,10-11H2,1-4H3,(H,18,19);1H. The number of methoxy groups -OCH3 is 1. The Kier molecular flexibility index (Phi) is 10.5. The third-order valence-electron chi connectivity index (χ3n) is 3.15. The van der Waals surface area contributed by atoms with Crippen LogP contribution in [0.1, 0.15) is 19.4 Å². The molecule has 1 rings (SSSR count). The molecule has 0 aliphatic heterocycles. The molecule has 1 aromatic rings. The summed E-state index contributed by atoms with van der Waals surface area (Å²) in [5.74, 6) is -0.125. The molecular weight excluding hydrogens is 412 g/mol. The highest BCUT2D eigenvalue weighted by atomic mass is 127. The summed E-state index contributed by atoms with van der Waals surface area (Å²) in [6.45, 7) is 5.42. The second-order valence-corrected chi connectivity index (χ2v) is 5.10. The summed E-state index contributed by atoms with van der Waals surface area (Å²) in [5, 5.41) is 3.18. The first-order chi connectivity index (χ1) is 10.5. The summed E-state index contributed by atoms with van der Waals surface area (Å²) in [6.07, 6.45) is 0. The monoisotopic (exact) mass is 437 g/mol. The van der Waals surface area contributed by atoms with Gasteiger partial charge in [0, 0.05) is 20.1 Å².